The van der Waals surface area contributed by atoms with Gasteiger partial charge in [-0.3, -0.25) is 10.1 Å². The molecule has 1 unspecified atom stereocenters. The van der Waals surface area contributed by atoms with Crippen molar-refractivity contribution in [3.8, 4) is 23.0 Å². The predicted molar refractivity (Wildman–Crippen MR) is 98.7 cm³/mol. The minimum atomic E-state index is -0.939. The molecule has 0 saturated heterocycles. The average Bonchev–Trinajstić information content (AvgIpc) is 2.67. The molecule has 9 heteroatoms. The molecule has 0 aliphatic carbocycles. The van der Waals surface area contributed by atoms with E-state index in [1.807, 2.05) is 0 Å². The summed E-state index contributed by atoms with van der Waals surface area (Å²) >= 11 is 3.29. The van der Waals surface area contributed by atoms with Gasteiger partial charge in [0.05, 0.1) is 16.5 Å². The summed E-state index contributed by atoms with van der Waals surface area (Å²) in [6.07, 6.45) is 1.16. The van der Waals surface area contributed by atoms with Crippen molar-refractivity contribution in [3.05, 3.63) is 62.7 Å². The average molecular weight is 436 g/mol. The van der Waals surface area contributed by atoms with E-state index < -0.39 is 17.0 Å². The molecule has 0 amide bonds. The van der Waals surface area contributed by atoms with Gasteiger partial charge >= 0.3 is 5.97 Å². The van der Waals surface area contributed by atoms with Crippen LogP contribution in [0.2, 0.25) is 0 Å². The maximum Gasteiger partial charge on any atom is 0.356 e. The van der Waals surface area contributed by atoms with Gasteiger partial charge in [0.15, 0.2) is 23.0 Å². The van der Waals surface area contributed by atoms with Crippen LogP contribution in [-0.2, 0) is 4.79 Å². The molecule has 0 saturated carbocycles. The first kappa shape index (κ1) is 18.7. The van der Waals surface area contributed by atoms with E-state index in [4.69, 9.17) is 18.9 Å². The van der Waals surface area contributed by atoms with E-state index in [9.17, 15) is 14.9 Å². The summed E-state index contributed by atoms with van der Waals surface area (Å²) in [5.41, 5.74) is 0.501. The molecule has 2 aromatic carbocycles. The molecule has 0 spiro atoms. The second kappa shape index (κ2) is 8.09. The number of carbonyl (C=O) groups excluding carboxylic acids is 1. The van der Waals surface area contributed by atoms with Crippen LogP contribution in [0, 0.1) is 10.1 Å². The first-order chi connectivity index (χ1) is 13.0. The molecule has 1 heterocycles. The fourth-order valence-electron chi connectivity index (χ4n) is 2.38. The SMILES string of the molecule is COc1cc(/C=C/[N+](=O)[O-])cc(Br)c1OC(=O)C1COc2ccccc2O1. The zero-order valence-electron chi connectivity index (χ0n) is 14.1. The van der Waals surface area contributed by atoms with Crippen LogP contribution in [0.1, 0.15) is 5.56 Å². The summed E-state index contributed by atoms with van der Waals surface area (Å²) in [4.78, 5) is 22.4. The highest BCUT2D eigenvalue weighted by atomic mass is 79.9. The van der Waals surface area contributed by atoms with Gasteiger partial charge in [0, 0.05) is 6.08 Å². The number of methoxy groups -OCH3 is 1. The van der Waals surface area contributed by atoms with Crippen LogP contribution in [0.4, 0.5) is 0 Å². The number of carbonyl (C=O) groups is 1. The lowest BCUT2D eigenvalue weighted by atomic mass is 10.2. The van der Waals surface area contributed by atoms with Gasteiger partial charge < -0.3 is 18.9 Å². The van der Waals surface area contributed by atoms with Crippen LogP contribution in [0.3, 0.4) is 0 Å². The third-order valence-corrected chi connectivity index (χ3v) is 4.20. The Morgan fingerprint density at radius 3 is 2.78 bits per heavy atom. The lowest BCUT2D eigenvalue weighted by Gasteiger charge is -2.25. The van der Waals surface area contributed by atoms with Crippen molar-refractivity contribution in [2.75, 3.05) is 13.7 Å². The zero-order valence-corrected chi connectivity index (χ0v) is 15.7. The molecular formula is C18H14BrNO7. The monoisotopic (exact) mass is 435 g/mol. The van der Waals surface area contributed by atoms with Crippen molar-refractivity contribution < 1.29 is 28.7 Å². The van der Waals surface area contributed by atoms with Crippen LogP contribution in [0.5, 0.6) is 23.0 Å². The molecule has 0 N–H and O–H groups in total. The highest BCUT2D eigenvalue weighted by Gasteiger charge is 2.30. The lowest BCUT2D eigenvalue weighted by Crippen LogP contribution is -2.39. The highest BCUT2D eigenvalue weighted by Crippen LogP contribution is 2.38. The predicted octanol–water partition coefficient (Wildman–Crippen LogP) is 3.45. The van der Waals surface area contributed by atoms with Crippen molar-refractivity contribution in [1.29, 1.82) is 0 Å². The number of nitrogens with zero attached hydrogens (tertiary/aromatic N) is 1. The normalized spacial score (nSPS) is 15.4. The minimum Gasteiger partial charge on any atom is -0.493 e. The van der Waals surface area contributed by atoms with Crippen molar-refractivity contribution in [2.24, 2.45) is 0 Å². The van der Waals surface area contributed by atoms with Gasteiger partial charge in [-0.25, -0.2) is 4.79 Å². The van der Waals surface area contributed by atoms with E-state index in [-0.39, 0.29) is 18.1 Å². The zero-order chi connectivity index (χ0) is 19.4. The Balaban J connectivity index is 1.79. The summed E-state index contributed by atoms with van der Waals surface area (Å²) in [5, 5.41) is 10.5. The maximum atomic E-state index is 12.5. The number of hydrogen-bond acceptors (Lipinski definition) is 7. The van der Waals surface area contributed by atoms with Gasteiger partial charge in [-0.05, 0) is 45.8 Å². The van der Waals surface area contributed by atoms with Crippen molar-refractivity contribution in [1.82, 2.24) is 0 Å². The Morgan fingerprint density at radius 1 is 1.33 bits per heavy atom. The Hall–Kier alpha value is -3.07. The quantitative estimate of drug-likeness (QED) is 0.307. The van der Waals surface area contributed by atoms with Crippen LogP contribution < -0.4 is 18.9 Å². The molecular weight excluding hydrogens is 422 g/mol. The molecule has 8 nitrogen and oxygen atoms in total. The van der Waals surface area contributed by atoms with Crippen molar-refractivity contribution >= 4 is 28.0 Å². The third kappa shape index (κ3) is 4.37. The Bertz CT molecular complexity index is 913. The van der Waals surface area contributed by atoms with Crippen molar-refractivity contribution in [2.45, 2.75) is 6.10 Å². The van der Waals surface area contributed by atoms with E-state index in [0.29, 0.717) is 21.5 Å². The van der Waals surface area contributed by atoms with Crippen LogP contribution in [0.15, 0.2) is 47.1 Å². The van der Waals surface area contributed by atoms with Gasteiger partial charge in [0.2, 0.25) is 12.3 Å². The second-order valence-electron chi connectivity index (χ2n) is 5.42. The summed E-state index contributed by atoms with van der Waals surface area (Å²) in [6.45, 7) is 0.0133. The topological polar surface area (TPSA) is 97.1 Å². The largest absolute Gasteiger partial charge is 0.493 e. The number of nitro groups is 1. The van der Waals surface area contributed by atoms with E-state index in [0.717, 1.165) is 6.20 Å². The lowest BCUT2D eigenvalue weighted by molar-refractivity contribution is -0.400. The summed E-state index contributed by atoms with van der Waals surface area (Å²) in [6, 6.07) is 10.1. The van der Waals surface area contributed by atoms with Gasteiger partial charge in [-0.1, -0.05) is 12.1 Å². The molecule has 1 atom stereocenters. The van der Waals surface area contributed by atoms with Gasteiger partial charge in [0.1, 0.15) is 6.61 Å². The van der Waals surface area contributed by atoms with E-state index >= 15 is 0 Å². The number of hydrogen-bond donors (Lipinski definition) is 0. The van der Waals surface area contributed by atoms with Crippen LogP contribution in [0.25, 0.3) is 6.08 Å². The molecule has 140 valence electrons. The summed E-state index contributed by atoms with van der Waals surface area (Å²) < 4.78 is 22.2. The number of ether oxygens (including phenoxy) is 4. The molecule has 0 aromatic heterocycles. The number of fused-ring (bicyclic) bond motifs is 1. The van der Waals surface area contributed by atoms with Gasteiger partial charge in [-0.15, -0.1) is 0 Å². The highest BCUT2D eigenvalue weighted by molar-refractivity contribution is 9.10. The van der Waals surface area contributed by atoms with Crippen LogP contribution >= 0.6 is 15.9 Å². The minimum absolute atomic E-state index is 0.0133. The molecule has 0 radical (unpaired) electrons. The van der Waals surface area contributed by atoms with Crippen LogP contribution in [-0.4, -0.2) is 30.7 Å². The summed E-state index contributed by atoms with van der Waals surface area (Å²) in [5.74, 6) is 0.734. The molecule has 2 aromatic rings. The van der Waals surface area contributed by atoms with Gasteiger partial charge in [0.25, 0.3) is 0 Å². The molecule has 0 fully saturated rings. The van der Waals surface area contributed by atoms with Crippen molar-refractivity contribution in [3.63, 3.8) is 0 Å². The summed E-state index contributed by atoms with van der Waals surface area (Å²) in [7, 11) is 1.40. The van der Waals surface area contributed by atoms with Gasteiger partial charge in [-0.2, -0.15) is 0 Å². The maximum absolute atomic E-state index is 12.5. The molecule has 1 aliphatic heterocycles. The number of halogens is 1. The Morgan fingerprint density at radius 2 is 2.07 bits per heavy atom. The number of esters is 1. The van der Waals surface area contributed by atoms with E-state index in [1.165, 1.54) is 19.3 Å². The molecule has 3 rings (SSSR count). The standard InChI is InChI=1S/C18H14BrNO7/c1-24-15-9-11(6-7-20(22)23)8-12(19)17(15)27-18(21)16-10-25-13-4-2-3-5-14(13)26-16/h2-9,16H,10H2,1H3/b7-6+. The fraction of sp³-hybridized carbons (Fsp3) is 0.167. The third-order valence-electron chi connectivity index (χ3n) is 3.61. The fourth-order valence-corrected chi connectivity index (χ4v) is 2.92. The second-order valence-corrected chi connectivity index (χ2v) is 6.27. The van der Waals surface area contributed by atoms with E-state index in [2.05, 4.69) is 15.9 Å². The molecule has 27 heavy (non-hydrogen) atoms. The number of rotatable bonds is 5. The first-order valence-electron chi connectivity index (χ1n) is 7.77. The first-order valence-corrected chi connectivity index (χ1v) is 8.56. The Kier molecular flexibility index (Phi) is 5.60. The number of benzene rings is 2. The Labute approximate surface area is 162 Å². The molecule has 0 bridgehead atoms. The number of para-hydroxylation sites is 2. The molecule has 1 aliphatic rings. The smallest absolute Gasteiger partial charge is 0.356 e. The van der Waals surface area contributed by atoms with E-state index in [1.54, 1.807) is 30.3 Å².